The first-order valence-corrected chi connectivity index (χ1v) is 10.5. The second-order valence-electron chi connectivity index (χ2n) is 7.26. The van der Waals surface area contributed by atoms with Gasteiger partial charge in [-0.05, 0) is 54.4 Å². The lowest BCUT2D eigenvalue weighted by atomic mass is 9.91. The molecular weight excluding hydrogens is 330 g/mol. The summed E-state index contributed by atoms with van der Waals surface area (Å²) in [4.78, 5) is 0.415. The van der Waals surface area contributed by atoms with E-state index in [1.165, 1.54) is 11.1 Å². The molecule has 25 heavy (non-hydrogen) atoms. The van der Waals surface area contributed by atoms with E-state index in [1.807, 2.05) is 18.2 Å². The largest absolute Gasteiger partial charge is 0.243 e. The third-order valence-electron chi connectivity index (χ3n) is 5.13. The maximum Gasteiger partial charge on any atom is 0.243 e. The Bertz CT molecular complexity index is 774. The summed E-state index contributed by atoms with van der Waals surface area (Å²) in [5, 5.41) is 0. The summed E-state index contributed by atoms with van der Waals surface area (Å²) in [6.45, 7) is 5.46. The minimum Gasteiger partial charge on any atom is -0.207 e. The van der Waals surface area contributed by atoms with Crippen LogP contribution in [-0.2, 0) is 16.4 Å². The molecule has 0 aromatic heterocycles. The van der Waals surface area contributed by atoms with Crippen molar-refractivity contribution in [3.8, 4) is 0 Å². The van der Waals surface area contributed by atoms with E-state index in [0.29, 0.717) is 29.8 Å². The van der Waals surface area contributed by atoms with Crippen LogP contribution in [0.2, 0.25) is 0 Å². The molecule has 0 saturated carbocycles. The van der Waals surface area contributed by atoms with Gasteiger partial charge in [-0.2, -0.15) is 4.31 Å². The van der Waals surface area contributed by atoms with Gasteiger partial charge in [-0.25, -0.2) is 8.42 Å². The molecule has 0 N–H and O–H groups in total. The Balaban J connectivity index is 1.63. The van der Waals surface area contributed by atoms with E-state index in [-0.39, 0.29) is 0 Å². The van der Waals surface area contributed by atoms with Gasteiger partial charge in [-0.15, -0.1) is 0 Å². The Morgan fingerprint density at radius 3 is 2.12 bits per heavy atom. The molecule has 1 heterocycles. The molecule has 0 unspecified atom stereocenters. The van der Waals surface area contributed by atoms with Crippen molar-refractivity contribution in [2.24, 2.45) is 5.92 Å². The zero-order valence-corrected chi connectivity index (χ0v) is 15.9. The molecule has 134 valence electrons. The first-order chi connectivity index (χ1) is 12.0. The Hall–Kier alpha value is -1.65. The Labute approximate surface area is 151 Å². The molecule has 1 fully saturated rings. The van der Waals surface area contributed by atoms with Crippen LogP contribution in [0.15, 0.2) is 59.5 Å². The molecule has 0 bridgehead atoms. The van der Waals surface area contributed by atoms with Gasteiger partial charge < -0.3 is 0 Å². The smallest absolute Gasteiger partial charge is 0.207 e. The molecule has 1 saturated heterocycles. The van der Waals surface area contributed by atoms with Gasteiger partial charge in [0.25, 0.3) is 0 Å². The quantitative estimate of drug-likeness (QED) is 0.792. The van der Waals surface area contributed by atoms with Crippen molar-refractivity contribution in [2.45, 2.75) is 43.9 Å². The van der Waals surface area contributed by atoms with Crippen LogP contribution in [0.5, 0.6) is 0 Å². The van der Waals surface area contributed by atoms with E-state index in [9.17, 15) is 8.42 Å². The fraction of sp³-hybridized carbons (Fsp3) is 0.429. The van der Waals surface area contributed by atoms with Crippen molar-refractivity contribution in [2.75, 3.05) is 13.1 Å². The van der Waals surface area contributed by atoms with Crippen molar-refractivity contribution in [3.63, 3.8) is 0 Å². The van der Waals surface area contributed by atoms with Crippen LogP contribution < -0.4 is 0 Å². The summed E-state index contributed by atoms with van der Waals surface area (Å²) in [5.41, 5.74) is 2.51. The van der Waals surface area contributed by atoms with Gasteiger partial charge in [-0.3, -0.25) is 0 Å². The average molecular weight is 358 g/mol. The van der Waals surface area contributed by atoms with E-state index in [4.69, 9.17) is 0 Å². The monoisotopic (exact) mass is 357 g/mol. The van der Waals surface area contributed by atoms with Crippen LogP contribution >= 0.6 is 0 Å². The maximum absolute atomic E-state index is 12.9. The van der Waals surface area contributed by atoms with Crippen LogP contribution in [-0.4, -0.2) is 25.8 Å². The number of nitrogens with zero attached hydrogens (tertiary/aromatic N) is 1. The van der Waals surface area contributed by atoms with Gasteiger partial charge in [0, 0.05) is 13.1 Å². The summed E-state index contributed by atoms with van der Waals surface area (Å²) in [5.74, 6) is 0.975. The number of hydrogen-bond donors (Lipinski definition) is 0. The number of sulfonamides is 1. The van der Waals surface area contributed by atoms with E-state index in [0.717, 1.165) is 19.3 Å². The first-order valence-electron chi connectivity index (χ1n) is 9.11. The molecule has 0 atom stereocenters. The van der Waals surface area contributed by atoms with E-state index < -0.39 is 10.0 Å². The molecule has 0 radical (unpaired) electrons. The highest BCUT2D eigenvalue weighted by Gasteiger charge is 2.29. The Kier molecular flexibility index (Phi) is 5.60. The second-order valence-corrected chi connectivity index (χ2v) is 9.20. The van der Waals surface area contributed by atoms with Crippen LogP contribution in [0.3, 0.4) is 0 Å². The highest BCUT2D eigenvalue weighted by molar-refractivity contribution is 7.89. The van der Waals surface area contributed by atoms with Crippen molar-refractivity contribution < 1.29 is 8.42 Å². The highest BCUT2D eigenvalue weighted by atomic mass is 32.2. The van der Waals surface area contributed by atoms with Gasteiger partial charge >= 0.3 is 0 Å². The summed E-state index contributed by atoms with van der Waals surface area (Å²) in [7, 11) is -3.37. The summed E-state index contributed by atoms with van der Waals surface area (Å²) in [6, 6.07) is 17.8. The van der Waals surface area contributed by atoms with Crippen molar-refractivity contribution >= 4 is 10.0 Å². The maximum atomic E-state index is 12.9. The standard InChI is InChI=1S/C21H27NO2S/c1-17(2)20-8-10-21(11-9-20)25(23,24)22-14-12-19(13-15-22)16-18-6-4-3-5-7-18/h3-11,17,19H,12-16H2,1-2H3. The fourth-order valence-electron chi connectivity index (χ4n) is 3.47. The molecule has 2 aromatic rings. The summed E-state index contributed by atoms with van der Waals surface area (Å²) in [6.07, 6.45) is 2.90. The van der Waals surface area contributed by atoms with E-state index in [2.05, 4.69) is 38.1 Å². The van der Waals surface area contributed by atoms with Crippen molar-refractivity contribution in [1.29, 1.82) is 0 Å². The molecule has 0 aliphatic carbocycles. The molecule has 1 aliphatic rings. The predicted octanol–water partition coefficient (Wildman–Crippen LogP) is 4.45. The second kappa shape index (κ2) is 7.71. The highest BCUT2D eigenvalue weighted by Crippen LogP contribution is 2.27. The molecule has 3 nitrogen and oxygen atoms in total. The van der Waals surface area contributed by atoms with Crippen LogP contribution in [0, 0.1) is 5.92 Å². The van der Waals surface area contributed by atoms with Crippen molar-refractivity contribution in [1.82, 2.24) is 4.31 Å². The Morgan fingerprint density at radius 1 is 0.960 bits per heavy atom. The van der Waals surface area contributed by atoms with Gasteiger partial charge in [0.1, 0.15) is 0 Å². The normalized spacial score (nSPS) is 17.1. The van der Waals surface area contributed by atoms with E-state index >= 15 is 0 Å². The summed E-state index contributed by atoms with van der Waals surface area (Å²) < 4.78 is 27.4. The van der Waals surface area contributed by atoms with Crippen LogP contribution in [0.1, 0.15) is 43.7 Å². The molecular formula is C21H27NO2S. The topological polar surface area (TPSA) is 37.4 Å². The number of benzene rings is 2. The van der Waals surface area contributed by atoms with Crippen molar-refractivity contribution in [3.05, 3.63) is 65.7 Å². The lowest BCUT2D eigenvalue weighted by Crippen LogP contribution is -2.38. The minimum absolute atomic E-state index is 0.408. The lowest BCUT2D eigenvalue weighted by molar-refractivity contribution is 0.273. The zero-order valence-electron chi connectivity index (χ0n) is 15.1. The molecule has 0 amide bonds. The fourth-order valence-corrected chi connectivity index (χ4v) is 4.94. The molecule has 0 spiro atoms. The zero-order chi connectivity index (χ0) is 17.9. The molecule has 2 aromatic carbocycles. The van der Waals surface area contributed by atoms with Crippen LogP contribution in [0.4, 0.5) is 0 Å². The van der Waals surface area contributed by atoms with Gasteiger partial charge in [0.15, 0.2) is 0 Å². The predicted molar refractivity (Wildman–Crippen MR) is 102 cm³/mol. The molecule has 1 aliphatic heterocycles. The number of rotatable bonds is 5. The van der Waals surface area contributed by atoms with Gasteiger partial charge in [0.05, 0.1) is 4.90 Å². The van der Waals surface area contributed by atoms with Crippen LogP contribution in [0.25, 0.3) is 0 Å². The number of hydrogen-bond acceptors (Lipinski definition) is 2. The lowest BCUT2D eigenvalue weighted by Gasteiger charge is -2.31. The molecule has 4 heteroatoms. The SMILES string of the molecule is CC(C)c1ccc(S(=O)(=O)N2CCC(Cc3ccccc3)CC2)cc1. The first kappa shape index (κ1) is 18.2. The minimum atomic E-state index is -3.37. The summed E-state index contributed by atoms with van der Waals surface area (Å²) >= 11 is 0. The number of piperidine rings is 1. The van der Waals surface area contributed by atoms with E-state index in [1.54, 1.807) is 16.4 Å². The molecule has 3 rings (SSSR count). The third kappa shape index (κ3) is 4.31. The Morgan fingerprint density at radius 2 is 1.56 bits per heavy atom. The third-order valence-corrected chi connectivity index (χ3v) is 7.04. The van der Waals surface area contributed by atoms with Gasteiger partial charge in [-0.1, -0.05) is 56.3 Å². The van der Waals surface area contributed by atoms with Gasteiger partial charge in [0.2, 0.25) is 10.0 Å². The average Bonchev–Trinajstić information content (AvgIpc) is 2.63.